The summed E-state index contributed by atoms with van der Waals surface area (Å²) < 4.78 is 14.0. The van der Waals surface area contributed by atoms with Crippen molar-refractivity contribution in [3.05, 3.63) is 35.9 Å². The second kappa shape index (κ2) is 7.00. The van der Waals surface area contributed by atoms with Gasteiger partial charge in [0.1, 0.15) is 24.4 Å². The lowest BCUT2D eigenvalue weighted by molar-refractivity contribution is 0.0570. The Morgan fingerprint density at radius 1 is 1.22 bits per heavy atom. The molecule has 0 fully saturated rings. The predicted molar refractivity (Wildman–Crippen MR) is 87.7 cm³/mol. The largest absolute Gasteiger partial charge is 0.486 e. The first-order valence-corrected chi connectivity index (χ1v) is 8.20. The summed E-state index contributed by atoms with van der Waals surface area (Å²) in [4.78, 5) is 2.32. The van der Waals surface area contributed by atoms with Crippen LogP contribution in [0.5, 0.6) is 11.5 Å². The first-order valence-electron chi connectivity index (χ1n) is 8.20. The van der Waals surface area contributed by atoms with Crippen molar-refractivity contribution in [2.75, 3.05) is 19.7 Å². The smallest absolute Gasteiger partial charge is 0.161 e. The van der Waals surface area contributed by atoms with E-state index < -0.39 is 0 Å². The number of aromatic nitrogens is 3. The molecule has 0 saturated heterocycles. The van der Waals surface area contributed by atoms with Crippen molar-refractivity contribution in [3.8, 4) is 11.5 Å². The third kappa shape index (κ3) is 3.47. The van der Waals surface area contributed by atoms with E-state index in [1.807, 2.05) is 31.2 Å². The van der Waals surface area contributed by atoms with Gasteiger partial charge in [0.2, 0.25) is 0 Å². The molecule has 0 saturated carbocycles. The minimum atomic E-state index is 0.0314. The highest BCUT2D eigenvalue weighted by Gasteiger charge is 2.23. The molecule has 1 aliphatic rings. The fourth-order valence-electron chi connectivity index (χ4n) is 2.90. The SMILES string of the molecule is CCN(Cc1nnc(C)n1CC)C[C@H]1COc2ccccc2O1. The Kier molecular flexibility index (Phi) is 4.81. The molecule has 0 bridgehead atoms. The molecule has 0 radical (unpaired) electrons. The van der Waals surface area contributed by atoms with E-state index in [4.69, 9.17) is 9.47 Å². The van der Waals surface area contributed by atoms with Crippen LogP contribution in [0.2, 0.25) is 0 Å². The Bertz CT molecular complexity index is 656. The predicted octanol–water partition coefficient (Wildman–Crippen LogP) is 2.27. The monoisotopic (exact) mass is 316 g/mol. The molecule has 2 heterocycles. The molecule has 1 aliphatic heterocycles. The lowest BCUT2D eigenvalue weighted by atomic mass is 10.2. The van der Waals surface area contributed by atoms with Gasteiger partial charge in [-0.2, -0.15) is 0 Å². The molecule has 0 N–H and O–H groups in total. The number of para-hydroxylation sites is 2. The molecule has 1 atom stereocenters. The highest BCUT2D eigenvalue weighted by molar-refractivity contribution is 5.40. The Labute approximate surface area is 137 Å². The average molecular weight is 316 g/mol. The van der Waals surface area contributed by atoms with Gasteiger partial charge in [-0.25, -0.2) is 0 Å². The molecular weight excluding hydrogens is 292 g/mol. The van der Waals surface area contributed by atoms with Crippen LogP contribution in [-0.2, 0) is 13.1 Å². The Morgan fingerprint density at radius 3 is 2.74 bits per heavy atom. The van der Waals surface area contributed by atoms with Crippen molar-refractivity contribution in [2.24, 2.45) is 0 Å². The van der Waals surface area contributed by atoms with Crippen LogP contribution in [-0.4, -0.2) is 45.5 Å². The molecule has 3 rings (SSSR count). The van der Waals surface area contributed by atoms with E-state index in [2.05, 4.69) is 33.5 Å². The van der Waals surface area contributed by atoms with Gasteiger partial charge in [-0.1, -0.05) is 19.1 Å². The summed E-state index contributed by atoms with van der Waals surface area (Å²) in [7, 11) is 0. The summed E-state index contributed by atoms with van der Waals surface area (Å²) in [6, 6.07) is 7.82. The van der Waals surface area contributed by atoms with Gasteiger partial charge in [0, 0.05) is 13.1 Å². The quantitative estimate of drug-likeness (QED) is 0.818. The summed E-state index contributed by atoms with van der Waals surface area (Å²) in [6.45, 7) is 10.2. The number of aryl methyl sites for hydroxylation is 1. The maximum absolute atomic E-state index is 6.05. The molecule has 0 spiro atoms. The topological polar surface area (TPSA) is 52.4 Å². The van der Waals surface area contributed by atoms with Gasteiger partial charge >= 0.3 is 0 Å². The molecule has 0 amide bonds. The third-order valence-corrected chi connectivity index (χ3v) is 4.17. The van der Waals surface area contributed by atoms with Crippen LogP contribution in [0.15, 0.2) is 24.3 Å². The number of hydrogen-bond donors (Lipinski definition) is 0. The van der Waals surface area contributed by atoms with Crippen molar-refractivity contribution in [3.63, 3.8) is 0 Å². The number of ether oxygens (including phenoxy) is 2. The number of likely N-dealkylation sites (N-methyl/N-ethyl adjacent to an activating group) is 1. The normalized spacial score (nSPS) is 16.8. The lowest BCUT2D eigenvalue weighted by Gasteiger charge is -2.30. The summed E-state index contributed by atoms with van der Waals surface area (Å²) in [6.07, 6.45) is 0.0314. The fourth-order valence-corrected chi connectivity index (χ4v) is 2.90. The van der Waals surface area contributed by atoms with Crippen LogP contribution < -0.4 is 9.47 Å². The molecule has 2 aromatic rings. The number of hydrogen-bond acceptors (Lipinski definition) is 5. The van der Waals surface area contributed by atoms with E-state index in [1.165, 1.54) is 0 Å². The van der Waals surface area contributed by atoms with Gasteiger partial charge < -0.3 is 14.0 Å². The van der Waals surface area contributed by atoms with Crippen LogP contribution in [0, 0.1) is 6.92 Å². The van der Waals surface area contributed by atoms with Crippen LogP contribution >= 0.6 is 0 Å². The lowest BCUT2D eigenvalue weighted by Crippen LogP contribution is -2.41. The molecule has 0 unspecified atom stereocenters. The minimum absolute atomic E-state index is 0.0314. The van der Waals surface area contributed by atoms with Crippen LogP contribution in [0.4, 0.5) is 0 Å². The van der Waals surface area contributed by atoms with Gasteiger partial charge in [-0.05, 0) is 32.5 Å². The number of benzene rings is 1. The first-order chi connectivity index (χ1) is 11.2. The molecule has 1 aromatic carbocycles. The van der Waals surface area contributed by atoms with E-state index in [1.54, 1.807) is 0 Å². The first kappa shape index (κ1) is 15.8. The highest BCUT2D eigenvalue weighted by Crippen LogP contribution is 2.31. The maximum atomic E-state index is 6.05. The minimum Gasteiger partial charge on any atom is -0.486 e. The van der Waals surface area contributed by atoms with Crippen molar-refractivity contribution in [2.45, 2.75) is 40.0 Å². The maximum Gasteiger partial charge on any atom is 0.161 e. The summed E-state index contributed by atoms with van der Waals surface area (Å²) in [5.41, 5.74) is 0. The van der Waals surface area contributed by atoms with E-state index in [9.17, 15) is 0 Å². The highest BCUT2D eigenvalue weighted by atomic mass is 16.6. The molecule has 6 heteroatoms. The summed E-state index contributed by atoms with van der Waals surface area (Å²) in [5, 5.41) is 8.48. The molecule has 124 valence electrons. The number of nitrogens with zero attached hydrogens (tertiary/aromatic N) is 4. The molecule has 0 aliphatic carbocycles. The van der Waals surface area contributed by atoms with Crippen molar-refractivity contribution >= 4 is 0 Å². The van der Waals surface area contributed by atoms with Gasteiger partial charge in [0.15, 0.2) is 11.5 Å². The Morgan fingerprint density at radius 2 is 2.00 bits per heavy atom. The third-order valence-electron chi connectivity index (χ3n) is 4.17. The molecular formula is C17H24N4O2. The zero-order chi connectivity index (χ0) is 16.2. The second-order valence-corrected chi connectivity index (χ2v) is 5.73. The van der Waals surface area contributed by atoms with Crippen molar-refractivity contribution in [1.82, 2.24) is 19.7 Å². The fraction of sp³-hybridized carbons (Fsp3) is 0.529. The van der Waals surface area contributed by atoms with E-state index in [0.29, 0.717) is 6.61 Å². The summed E-state index contributed by atoms with van der Waals surface area (Å²) >= 11 is 0. The molecule has 1 aromatic heterocycles. The van der Waals surface area contributed by atoms with E-state index in [0.717, 1.165) is 49.3 Å². The average Bonchev–Trinajstić information content (AvgIpc) is 2.93. The number of fused-ring (bicyclic) bond motifs is 1. The zero-order valence-corrected chi connectivity index (χ0v) is 14.0. The van der Waals surface area contributed by atoms with Crippen LogP contribution in [0.1, 0.15) is 25.5 Å². The Hall–Kier alpha value is -2.08. The number of rotatable bonds is 6. The molecule has 6 nitrogen and oxygen atoms in total. The van der Waals surface area contributed by atoms with Gasteiger partial charge in [0.25, 0.3) is 0 Å². The molecule has 23 heavy (non-hydrogen) atoms. The van der Waals surface area contributed by atoms with Gasteiger partial charge in [-0.15, -0.1) is 10.2 Å². The summed E-state index contributed by atoms with van der Waals surface area (Å²) in [5.74, 6) is 3.62. The van der Waals surface area contributed by atoms with Gasteiger partial charge in [-0.3, -0.25) is 4.90 Å². The van der Waals surface area contributed by atoms with Crippen molar-refractivity contribution in [1.29, 1.82) is 0 Å². The zero-order valence-electron chi connectivity index (χ0n) is 14.0. The Balaban J connectivity index is 1.64. The van der Waals surface area contributed by atoms with Gasteiger partial charge in [0.05, 0.1) is 6.54 Å². The van der Waals surface area contributed by atoms with Crippen LogP contribution in [0.3, 0.4) is 0 Å². The van der Waals surface area contributed by atoms with Crippen LogP contribution in [0.25, 0.3) is 0 Å². The standard InChI is InChI=1S/C17H24N4O2/c1-4-20(11-17-19-18-13(3)21(17)5-2)10-14-12-22-15-8-6-7-9-16(15)23-14/h6-9,14H,4-5,10-12H2,1-3H3/t14-/m0/s1. The van der Waals surface area contributed by atoms with E-state index in [-0.39, 0.29) is 6.10 Å². The van der Waals surface area contributed by atoms with E-state index >= 15 is 0 Å². The van der Waals surface area contributed by atoms with Crippen molar-refractivity contribution < 1.29 is 9.47 Å². The second-order valence-electron chi connectivity index (χ2n) is 5.73.